The molecule has 0 bridgehead atoms. The average molecular weight is 402 g/mol. The van der Waals surface area contributed by atoms with Crippen LogP contribution in [0.25, 0.3) is 0 Å². The zero-order valence-corrected chi connectivity index (χ0v) is 16.4. The Labute approximate surface area is 173 Å². The zero-order valence-electron chi connectivity index (χ0n) is 15.6. The van der Waals surface area contributed by atoms with E-state index in [1.165, 1.54) is 11.8 Å². The minimum atomic E-state index is -0.252. The summed E-state index contributed by atoms with van der Waals surface area (Å²) in [6, 6.07) is 23.5. The molecule has 0 saturated heterocycles. The van der Waals surface area contributed by atoms with E-state index in [4.69, 9.17) is 10.00 Å². The van der Waals surface area contributed by atoms with Crippen LogP contribution in [-0.4, -0.2) is 17.3 Å². The molecule has 0 aromatic heterocycles. The molecule has 0 radical (unpaired) electrons. The van der Waals surface area contributed by atoms with Gasteiger partial charge in [0.2, 0.25) is 0 Å². The van der Waals surface area contributed by atoms with Crippen LogP contribution in [0.4, 0.5) is 11.4 Å². The van der Waals surface area contributed by atoms with Crippen molar-refractivity contribution in [3.8, 4) is 17.7 Å². The van der Waals surface area contributed by atoms with E-state index in [-0.39, 0.29) is 5.91 Å². The fraction of sp³-hybridized carbons (Fsp3) is 0.0455. The van der Waals surface area contributed by atoms with Crippen LogP contribution < -0.4 is 15.4 Å². The van der Waals surface area contributed by atoms with Gasteiger partial charge in [0.25, 0.3) is 5.91 Å². The summed E-state index contributed by atoms with van der Waals surface area (Å²) in [5, 5.41) is 14.5. The van der Waals surface area contributed by atoms with Crippen molar-refractivity contribution in [1.29, 1.82) is 5.26 Å². The predicted molar refractivity (Wildman–Crippen MR) is 117 cm³/mol. The molecule has 0 aliphatic rings. The number of ether oxygens (including phenoxy) is 1. The second-order valence-corrected chi connectivity index (χ2v) is 6.60. The maximum Gasteiger partial charge on any atom is 0.255 e. The van der Waals surface area contributed by atoms with Crippen molar-refractivity contribution in [3.05, 3.63) is 84.4 Å². The topological polar surface area (TPSA) is 86.5 Å². The Hall–Kier alpha value is -3.76. The van der Waals surface area contributed by atoms with E-state index in [1.807, 2.05) is 42.8 Å². The molecule has 0 atom stereocenters. The van der Waals surface area contributed by atoms with Crippen molar-refractivity contribution in [1.82, 2.24) is 5.32 Å². The average Bonchev–Trinajstić information content (AvgIpc) is 2.76. The van der Waals surface area contributed by atoms with Crippen molar-refractivity contribution in [2.24, 2.45) is 4.99 Å². The summed E-state index contributed by atoms with van der Waals surface area (Å²) in [5.41, 5.74) is 1.70. The normalized spacial score (nSPS) is 10.7. The first-order chi connectivity index (χ1) is 14.2. The Morgan fingerprint density at radius 3 is 2.41 bits per heavy atom. The molecule has 0 saturated carbocycles. The SMILES string of the molecule is CSC(=Nc1cccc(C(=O)Nc2ccc(Oc3ccccc3)cc2)c1)NC#N. The largest absolute Gasteiger partial charge is 0.457 e. The molecule has 3 aromatic carbocycles. The molecule has 0 heterocycles. The lowest BCUT2D eigenvalue weighted by atomic mass is 10.2. The van der Waals surface area contributed by atoms with E-state index in [1.54, 1.807) is 48.5 Å². The molecule has 3 rings (SSSR count). The van der Waals surface area contributed by atoms with Gasteiger partial charge in [-0.1, -0.05) is 36.0 Å². The van der Waals surface area contributed by atoms with Gasteiger partial charge in [-0.3, -0.25) is 10.1 Å². The first-order valence-electron chi connectivity index (χ1n) is 8.70. The lowest BCUT2D eigenvalue weighted by Crippen LogP contribution is -2.13. The second kappa shape index (κ2) is 9.97. The van der Waals surface area contributed by atoms with Crippen LogP contribution in [0.15, 0.2) is 83.9 Å². The molecule has 6 nitrogen and oxygen atoms in total. The van der Waals surface area contributed by atoms with Crippen LogP contribution in [0.2, 0.25) is 0 Å². The van der Waals surface area contributed by atoms with Gasteiger partial charge in [0.1, 0.15) is 11.5 Å². The summed E-state index contributed by atoms with van der Waals surface area (Å²) in [6.07, 6.45) is 3.65. The number of rotatable bonds is 5. The van der Waals surface area contributed by atoms with Gasteiger partial charge in [-0.2, -0.15) is 5.26 Å². The molecule has 1 amide bonds. The van der Waals surface area contributed by atoms with Crippen LogP contribution in [0, 0.1) is 11.5 Å². The minimum Gasteiger partial charge on any atom is -0.457 e. The number of nitriles is 1. The van der Waals surface area contributed by atoms with Crippen LogP contribution in [-0.2, 0) is 0 Å². The van der Waals surface area contributed by atoms with Crippen molar-refractivity contribution in [3.63, 3.8) is 0 Å². The molecule has 0 unspecified atom stereocenters. The third-order valence-corrected chi connectivity index (χ3v) is 4.37. The predicted octanol–water partition coefficient (Wildman–Crippen LogP) is 5.15. The number of carbonyl (C=O) groups is 1. The summed E-state index contributed by atoms with van der Waals surface area (Å²) in [6.45, 7) is 0. The summed E-state index contributed by atoms with van der Waals surface area (Å²) in [4.78, 5) is 16.9. The minimum absolute atomic E-state index is 0.252. The standard InChI is InChI=1S/C22H18N4O2S/c1-29-22(24-15-23)26-18-7-5-6-16(14-18)21(27)25-17-10-12-20(13-11-17)28-19-8-3-2-4-9-19/h2-14H,1H3,(H,24,26)(H,25,27). The number of amides is 1. The number of amidine groups is 1. The highest BCUT2D eigenvalue weighted by atomic mass is 32.2. The Morgan fingerprint density at radius 2 is 1.72 bits per heavy atom. The van der Waals surface area contributed by atoms with E-state index in [9.17, 15) is 4.79 Å². The van der Waals surface area contributed by atoms with E-state index in [0.717, 1.165) is 5.75 Å². The number of nitrogens with zero attached hydrogens (tertiary/aromatic N) is 2. The van der Waals surface area contributed by atoms with E-state index in [0.29, 0.717) is 27.9 Å². The molecule has 0 fully saturated rings. The van der Waals surface area contributed by atoms with Crippen molar-refractivity contribution in [2.75, 3.05) is 11.6 Å². The van der Waals surface area contributed by atoms with Gasteiger partial charge in [-0.25, -0.2) is 4.99 Å². The number of anilines is 1. The lowest BCUT2D eigenvalue weighted by Gasteiger charge is -2.08. The number of hydrogen-bond acceptors (Lipinski definition) is 5. The summed E-state index contributed by atoms with van der Waals surface area (Å²) in [5.74, 6) is 1.18. The first kappa shape index (κ1) is 20.0. The molecule has 144 valence electrons. The van der Waals surface area contributed by atoms with Crippen LogP contribution in [0.1, 0.15) is 10.4 Å². The van der Waals surface area contributed by atoms with Crippen LogP contribution >= 0.6 is 11.8 Å². The van der Waals surface area contributed by atoms with E-state index >= 15 is 0 Å². The monoisotopic (exact) mass is 402 g/mol. The zero-order chi connectivity index (χ0) is 20.5. The number of nitrogens with one attached hydrogen (secondary N) is 2. The molecular weight excluding hydrogens is 384 g/mol. The van der Waals surface area contributed by atoms with E-state index < -0.39 is 0 Å². The first-order valence-corrected chi connectivity index (χ1v) is 9.92. The van der Waals surface area contributed by atoms with Crippen LogP contribution in [0.3, 0.4) is 0 Å². The Bertz CT molecular complexity index is 1040. The van der Waals surface area contributed by atoms with Gasteiger partial charge in [0.05, 0.1) is 5.69 Å². The lowest BCUT2D eigenvalue weighted by molar-refractivity contribution is 0.102. The number of thioether (sulfide) groups is 1. The molecule has 2 N–H and O–H groups in total. The maximum absolute atomic E-state index is 12.6. The highest BCUT2D eigenvalue weighted by Crippen LogP contribution is 2.23. The van der Waals surface area contributed by atoms with Gasteiger partial charge in [0.15, 0.2) is 11.4 Å². The Kier molecular flexibility index (Phi) is 6.87. The molecule has 29 heavy (non-hydrogen) atoms. The van der Waals surface area contributed by atoms with Crippen molar-refractivity contribution < 1.29 is 9.53 Å². The maximum atomic E-state index is 12.6. The van der Waals surface area contributed by atoms with Crippen LogP contribution in [0.5, 0.6) is 11.5 Å². The van der Waals surface area contributed by atoms with Crippen molar-refractivity contribution >= 4 is 34.2 Å². The summed E-state index contributed by atoms with van der Waals surface area (Å²) in [7, 11) is 0. The van der Waals surface area contributed by atoms with E-state index in [2.05, 4.69) is 15.6 Å². The van der Waals surface area contributed by atoms with Crippen molar-refractivity contribution in [2.45, 2.75) is 0 Å². The Balaban J connectivity index is 1.67. The number of para-hydroxylation sites is 1. The molecule has 0 spiro atoms. The quantitative estimate of drug-likeness (QED) is 0.267. The fourth-order valence-corrected chi connectivity index (χ4v) is 2.78. The molecule has 0 aliphatic carbocycles. The van der Waals surface area contributed by atoms with Gasteiger partial charge in [-0.15, -0.1) is 0 Å². The second-order valence-electron chi connectivity index (χ2n) is 5.80. The number of benzene rings is 3. The summed E-state index contributed by atoms with van der Waals surface area (Å²) >= 11 is 1.31. The third-order valence-electron chi connectivity index (χ3n) is 3.79. The van der Waals surface area contributed by atoms with Gasteiger partial charge >= 0.3 is 0 Å². The van der Waals surface area contributed by atoms with Gasteiger partial charge in [-0.05, 0) is 60.9 Å². The van der Waals surface area contributed by atoms with Gasteiger partial charge in [0, 0.05) is 11.3 Å². The highest BCUT2D eigenvalue weighted by molar-refractivity contribution is 8.13. The third kappa shape index (κ3) is 5.86. The molecule has 3 aromatic rings. The van der Waals surface area contributed by atoms with Gasteiger partial charge < -0.3 is 10.1 Å². The number of carbonyl (C=O) groups excluding carboxylic acids is 1. The smallest absolute Gasteiger partial charge is 0.255 e. The fourth-order valence-electron chi connectivity index (χ4n) is 2.44. The molecule has 0 aliphatic heterocycles. The number of hydrogen-bond donors (Lipinski definition) is 2. The molecule has 7 heteroatoms. The number of aliphatic imine (C=N–C) groups is 1. The highest BCUT2D eigenvalue weighted by Gasteiger charge is 2.08. The summed E-state index contributed by atoms with van der Waals surface area (Å²) < 4.78 is 5.75. The Morgan fingerprint density at radius 1 is 1.00 bits per heavy atom. The molecular formula is C22H18N4O2S.